The van der Waals surface area contributed by atoms with Gasteiger partial charge in [-0.15, -0.1) is 11.6 Å². The number of aliphatic hydroxyl groups excluding tert-OH is 1. The summed E-state index contributed by atoms with van der Waals surface area (Å²) in [7, 11) is -3.97. The maximum absolute atomic E-state index is 12.8. The number of phenolic OH excluding ortho intramolecular Hbond substituents is 2. The van der Waals surface area contributed by atoms with Crippen LogP contribution in [0.2, 0.25) is 40.4 Å². The number of aldehydes is 1. The van der Waals surface area contributed by atoms with Crippen LogP contribution in [-0.4, -0.2) is 54.9 Å². The first-order valence-electron chi connectivity index (χ1n) is 37.5. The van der Waals surface area contributed by atoms with E-state index >= 15 is 0 Å². The van der Waals surface area contributed by atoms with Crippen molar-refractivity contribution < 1.29 is 83.8 Å². The van der Waals surface area contributed by atoms with E-state index in [9.17, 15) is 41.4 Å². The zero-order valence-corrected chi connectivity index (χ0v) is 72.3. The van der Waals surface area contributed by atoms with Gasteiger partial charge in [-0.2, -0.15) is 21.6 Å². The van der Waals surface area contributed by atoms with Crippen LogP contribution >= 0.6 is 104 Å². The van der Waals surface area contributed by atoms with E-state index in [-0.39, 0.29) is 47.0 Å². The minimum Gasteiger partial charge on any atom is -0.508 e. The Labute approximate surface area is 744 Å². The Morgan fingerprint density at radius 3 is 1.41 bits per heavy atom. The van der Waals surface area contributed by atoms with Crippen LogP contribution in [0.15, 0.2) is 169 Å². The first-order valence-corrected chi connectivity index (χ1v) is 42.4. The number of nitrogens with zero attached hydrogens (tertiary/aromatic N) is 4. The molecule has 0 fully saturated rings. The van der Waals surface area contributed by atoms with Crippen molar-refractivity contribution in [1.82, 2.24) is 19.3 Å². The molecule has 0 aliphatic carbocycles. The minimum atomic E-state index is -5.73. The molecule has 0 bridgehead atoms. The molecule has 0 amide bonds. The van der Waals surface area contributed by atoms with Crippen LogP contribution in [-0.2, 0) is 180 Å². The lowest BCUT2D eigenvalue weighted by Gasteiger charge is -2.14. The molecule has 3 N–H and O–H groups in total. The SMILES string of the molecule is ClCc1c(Cl)ccc2c1COC2.Clc1ccc2c(c1/C=C/c1ccccc1)COC2.Cn1c(=O)c2ccc(-c3cnc(Cl)nc3)cc2n1Cc1c(Cl)ccc2c1COC2.O=Cc1c(Cl)ccc2c1COC2.O=S(=O)(Oc1c(Cl)ccc2c1COC2)C(F)(F)F.OCc1c(Cl)ccc2c1COC2.Oc1c(Cl)ccc2c1COC2.Oc1cccc2c1COC2. The monoisotopic (exact) mass is 1860 g/mol. The Hall–Kier alpha value is -8.65. The Bertz CT molecular complexity index is 6020. The predicted octanol–water partition coefficient (Wildman–Crippen LogP) is 22.0. The highest BCUT2D eigenvalue weighted by Gasteiger charge is 2.49. The Kier molecular flexibility index (Phi) is 30.9. The van der Waals surface area contributed by atoms with E-state index in [1.165, 1.54) is 39.9 Å². The van der Waals surface area contributed by atoms with Gasteiger partial charge >= 0.3 is 15.6 Å². The number of aromatic hydroxyl groups is 2. The van der Waals surface area contributed by atoms with Gasteiger partial charge in [0.2, 0.25) is 5.28 Å². The first kappa shape index (κ1) is 91.1. The first-order chi connectivity index (χ1) is 58.7. The lowest BCUT2D eigenvalue weighted by molar-refractivity contribution is -0.0500. The van der Waals surface area contributed by atoms with E-state index in [1.54, 1.807) is 48.4 Å². The largest absolute Gasteiger partial charge is 0.534 e. The average molecular weight is 1860 g/mol. The van der Waals surface area contributed by atoms with Gasteiger partial charge in [0.1, 0.15) is 11.5 Å². The highest BCUT2D eigenvalue weighted by molar-refractivity contribution is 7.88. The van der Waals surface area contributed by atoms with Gasteiger partial charge in [0, 0.05) is 78.8 Å². The number of aliphatic hydroxyl groups is 1. The molecular weight excluding hydrogens is 1790 g/mol. The zero-order valence-electron chi connectivity index (χ0n) is 64.6. The Balaban J connectivity index is 0.000000124. The third kappa shape index (κ3) is 21.3. The molecule has 10 heterocycles. The van der Waals surface area contributed by atoms with Gasteiger partial charge in [-0.1, -0.05) is 184 Å². The topological polar surface area (TPSA) is 248 Å². The summed E-state index contributed by atoms with van der Waals surface area (Å²) in [4.78, 5) is 31.5. The second-order valence-electron chi connectivity index (χ2n) is 28.1. The lowest BCUT2D eigenvalue weighted by atomic mass is 10.0. The number of rotatable bonds is 10. The number of aromatic nitrogens is 4. The number of carbonyl (C=O) groups excluding carboxylic acids is 1. The fourth-order valence-corrected chi connectivity index (χ4v) is 16.7. The maximum atomic E-state index is 12.8. The molecule has 20 rings (SSSR count). The molecule has 8 aliphatic rings. The maximum Gasteiger partial charge on any atom is 0.534 e. The molecule has 0 radical (unpaired) electrons. The number of ether oxygens (including phenoxy) is 8. The molecule has 0 saturated heterocycles. The molecule has 33 heteroatoms. The molecule has 10 aromatic carbocycles. The van der Waals surface area contributed by atoms with E-state index < -0.39 is 21.4 Å². The van der Waals surface area contributed by atoms with Gasteiger partial charge in [0.05, 0.1) is 145 Å². The van der Waals surface area contributed by atoms with Crippen molar-refractivity contribution >= 4 is 144 Å². The molecular formula is C89H74Cl9F3N4O16S. The van der Waals surface area contributed by atoms with Crippen LogP contribution in [0.1, 0.15) is 127 Å². The number of hydrogen-bond donors (Lipinski definition) is 3. The fraction of sp³-hybridized carbons (Fsp3) is 0.236. The third-order valence-corrected chi connectivity index (χ3v) is 24.4. The number of carbonyl (C=O) groups is 1. The van der Waals surface area contributed by atoms with E-state index in [2.05, 4.69) is 38.4 Å². The predicted molar refractivity (Wildman–Crippen MR) is 462 cm³/mol. The summed E-state index contributed by atoms with van der Waals surface area (Å²) in [5, 5.41) is 32.1. The summed E-state index contributed by atoms with van der Waals surface area (Å²) in [5.41, 5.74) is 18.6. The van der Waals surface area contributed by atoms with Gasteiger partial charge in [0.25, 0.3) is 5.56 Å². The summed E-state index contributed by atoms with van der Waals surface area (Å²) < 4.78 is 108. The van der Waals surface area contributed by atoms with E-state index in [0.29, 0.717) is 147 Å². The second-order valence-corrected chi connectivity index (χ2v) is 33.1. The fourth-order valence-electron chi connectivity index (χ4n) is 14.1. The zero-order chi connectivity index (χ0) is 86.5. The number of benzene rings is 10. The van der Waals surface area contributed by atoms with Crippen LogP contribution in [0.25, 0.3) is 34.2 Å². The quantitative estimate of drug-likeness (QED) is 0.0287. The normalized spacial score (nSPS) is 14.4. The molecule has 122 heavy (non-hydrogen) atoms. The standard InChI is InChI=1S/C21H16Cl2N4O2.C16H13ClO.C9H8Cl2O.C9H6ClF3O4S.C9H9ClO2.C9H7ClO2.C8H7ClO2.C8H8O2/c1-26-20(28)15-4-2-12(14-7-24-21(23)25-8-14)6-19(15)27(26)9-16-17-11-29-10-13(17)3-5-18(16)22;17-16-9-7-13-10-18-11-15(13)14(16)8-6-12-4-2-1-3-5-12;10-3-7-8-5-12-4-6(8)1-2-9(7)11;10-7-2-1-5-3-16-4-6(5)8(7)17-18(14,15)9(11,12)13;2*10-9-2-1-6-4-12-5-8(6)7(9)3-11;9-7-2-1-5-3-11-4-6(5)8(7)10;9-8-3-1-2-6-4-10-5-7(6)8/h2-8H,9-11H2,1H3;1-9H,10-11H2;1-2H,3-5H2;1-2H,3-4H2;1-2,11H,3-5H2;1-3H,4-5H2;1-2,10H,3-4H2;1-3,9H,4-5H2/b;8-6+;;;;;;. The molecule has 0 spiro atoms. The van der Waals surface area contributed by atoms with Crippen LogP contribution in [0.3, 0.4) is 0 Å². The summed E-state index contributed by atoms with van der Waals surface area (Å²) >= 11 is 53.4. The van der Waals surface area contributed by atoms with Crippen LogP contribution in [0, 0.1) is 0 Å². The molecule has 0 saturated carbocycles. The summed E-state index contributed by atoms with van der Waals surface area (Å²) in [6.45, 7) is 8.98. The molecule has 12 aromatic rings. The van der Waals surface area contributed by atoms with Gasteiger partial charge in [0.15, 0.2) is 12.0 Å². The van der Waals surface area contributed by atoms with E-state index in [4.69, 9.17) is 147 Å². The molecule has 0 unspecified atom stereocenters. The van der Waals surface area contributed by atoms with Crippen molar-refractivity contribution in [1.29, 1.82) is 0 Å². The molecule has 2 aromatic heterocycles. The van der Waals surface area contributed by atoms with E-state index in [1.807, 2.05) is 108 Å². The molecule has 20 nitrogen and oxygen atoms in total. The Morgan fingerprint density at radius 1 is 0.459 bits per heavy atom. The average Bonchev–Trinajstić information content (AvgIpc) is 1.61. The summed E-state index contributed by atoms with van der Waals surface area (Å²) in [5.74, 6) is 0.464. The molecule has 0 atom stereocenters. The van der Waals surface area contributed by atoms with Crippen LogP contribution < -0.4 is 9.74 Å². The van der Waals surface area contributed by atoms with Gasteiger partial charge in [-0.3, -0.25) is 19.0 Å². The van der Waals surface area contributed by atoms with Crippen molar-refractivity contribution in [3.05, 3.63) is 337 Å². The number of fused-ring (bicyclic) bond motifs is 9. The third-order valence-electron chi connectivity index (χ3n) is 20.7. The minimum absolute atomic E-state index is 0.00856. The summed E-state index contributed by atoms with van der Waals surface area (Å²) in [6, 6.07) is 46.9. The number of halogens is 12. The van der Waals surface area contributed by atoms with Crippen LogP contribution in [0.4, 0.5) is 13.2 Å². The van der Waals surface area contributed by atoms with Crippen molar-refractivity contribution in [3.8, 4) is 28.4 Å². The van der Waals surface area contributed by atoms with Gasteiger partial charge in [-0.25, -0.2) is 9.97 Å². The van der Waals surface area contributed by atoms with Crippen LogP contribution in [0.5, 0.6) is 17.2 Å². The highest BCUT2D eigenvalue weighted by atomic mass is 35.5. The van der Waals surface area contributed by atoms with Crippen molar-refractivity contribution in [3.63, 3.8) is 0 Å². The molecule has 8 aliphatic heterocycles. The van der Waals surface area contributed by atoms with Gasteiger partial charge in [-0.05, 0) is 172 Å². The molecule has 636 valence electrons. The number of alkyl halides is 4. The van der Waals surface area contributed by atoms with Crippen molar-refractivity contribution in [2.75, 3.05) is 0 Å². The number of hydrogen-bond acceptors (Lipinski definition) is 18. The second kappa shape index (κ2) is 41.4. The van der Waals surface area contributed by atoms with Gasteiger partial charge < -0.3 is 57.4 Å². The number of phenols is 2. The smallest absolute Gasteiger partial charge is 0.508 e. The lowest BCUT2D eigenvalue weighted by Crippen LogP contribution is -2.28. The van der Waals surface area contributed by atoms with Crippen molar-refractivity contribution in [2.45, 2.75) is 130 Å². The highest BCUT2D eigenvalue weighted by Crippen LogP contribution is 2.41. The Morgan fingerprint density at radius 2 is 0.885 bits per heavy atom. The summed E-state index contributed by atoms with van der Waals surface area (Å²) in [6.07, 6.45) is 8.28. The van der Waals surface area contributed by atoms with E-state index in [0.717, 1.165) is 111 Å². The van der Waals surface area contributed by atoms with Crippen molar-refractivity contribution in [2.24, 2.45) is 7.05 Å².